The summed E-state index contributed by atoms with van der Waals surface area (Å²) in [6.07, 6.45) is 0. The maximum absolute atomic E-state index is 11.6. The smallest absolute Gasteiger partial charge is 0.340 e. The molecule has 3 aromatic rings. The van der Waals surface area contributed by atoms with E-state index in [1.807, 2.05) is 0 Å². The average Bonchev–Trinajstić information content (AvgIpc) is 2.75. The van der Waals surface area contributed by atoms with Gasteiger partial charge in [-0.25, -0.2) is 9.78 Å². The van der Waals surface area contributed by atoms with Crippen LogP contribution < -0.4 is 4.74 Å². The van der Waals surface area contributed by atoms with Gasteiger partial charge in [0.2, 0.25) is 0 Å². The lowest BCUT2D eigenvalue weighted by Crippen LogP contribution is -2.21. The predicted molar refractivity (Wildman–Crippen MR) is 121 cm³/mol. The molecule has 6 nitrogen and oxygen atoms in total. The Morgan fingerprint density at radius 2 is 1.67 bits per heavy atom. The van der Waals surface area contributed by atoms with E-state index in [2.05, 4.69) is 30.7 Å². The van der Waals surface area contributed by atoms with Crippen LogP contribution in [0.3, 0.4) is 0 Å². The molecular weight excluding hydrogens is 404 g/mol. The second-order valence-electron chi connectivity index (χ2n) is 6.50. The van der Waals surface area contributed by atoms with E-state index in [1.165, 1.54) is 26.7 Å². The number of halogens is 1. The fourth-order valence-corrected chi connectivity index (χ4v) is 3.18. The minimum atomic E-state index is -1.23. The molecule has 7 heteroatoms. The van der Waals surface area contributed by atoms with Gasteiger partial charge < -0.3 is 19.8 Å². The topological polar surface area (TPSA) is 82.9 Å². The van der Waals surface area contributed by atoms with E-state index in [0.29, 0.717) is 27.2 Å². The number of carbonyl (C=O) groups is 1. The number of benzene rings is 2. The highest BCUT2D eigenvalue weighted by Crippen LogP contribution is 2.36. The van der Waals surface area contributed by atoms with Crippen LogP contribution in [0.15, 0.2) is 42.5 Å². The normalized spacial score (nSPS) is 10.6. The van der Waals surface area contributed by atoms with Crippen LogP contribution in [0.4, 0.5) is 0 Å². The molecule has 0 fully saturated rings. The second kappa shape index (κ2) is 10.8. The molecule has 0 amide bonds. The Labute approximate surface area is 181 Å². The predicted octanol–water partition coefficient (Wildman–Crippen LogP) is 5.32. The molecule has 0 atom stereocenters. The largest absolute Gasteiger partial charge is 0.505 e. The fourth-order valence-electron chi connectivity index (χ4n) is 3.06. The number of hydrogen-bond acceptors (Lipinski definition) is 5. The van der Waals surface area contributed by atoms with Gasteiger partial charge >= 0.3 is 5.97 Å². The molecule has 0 unspecified atom stereocenters. The van der Waals surface area contributed by atoms with Gasteiger partial charge in [0.05, 0.1) is 12.6 Å². The number of carboxylic acids is 1. The molecule has 1 aromatic heterocycles. The van der Waals surface area contributed by atoms with Crippen molar-refractivity contribution < 1.29 is 19.7 Å². The molecule has 3 rings (SSSR count). The Kier molecular flexibility index (Phi) is 8.45. The van der Waals surface area contributed by atoms with Gasteiger partial charge in [0, 0.05) is 22.0 Å². The Balaban J connectivity index is 0.000000396. The maximum atomic E-state index is 11.6. The van der Waals surface area contributed by atoms with Crippen molar-refractivity contribution in [3.63, 3.8) is 0 Å². The number of aromatic nitrogens is 1. The highest BCUT2D eigenvalue weighted by atomic mass is 35.5. The summed E-state index contributed by atoms with van der Waals surface area (Å²) in [5, 5.41) is 20.7. The van der Waals surface area contributed by atoms with E-state index in [-0.39, 0.29) is 17.0 Å². The molecule has 1 heterocycles. The van der Waals surface area contributed by atoms with E-state index in [1.54, 1.807) is 42.5 Å². The van der Waals surface area contributed by atoms with Crippen LogP contribution in [0.5, 0.6) is 11.5 Å². The quantitative estimate of drug-likeness (QED) is 0.551. The van der Waals surface area contributed by atoms with Crippen LogP contribution in [0.2, 0.25) is 5.02 Å². The number of aromatic carboxylic acids is 1. The van der Waals surface area contributed by atoms with Crippen molar-refractivity contribution >= 4 is 28.5 Å². The van der Waals surface area contributed by atoms with Gasteiger partial charge in [-0.3, -0.25) is 0 Å². The minimum absolute atomic E-state index is 0.180. The van der Waals surface area contributed by atoms with Gasteiger partial charge in [0.15, 0.2) is 5.75 Å². The summed E-state index contributed by atoms with van der Waals surface area (Å²) in [7, 11) is 1.51. The molecule has 0 radical (unpaired) electrons. The summed E-state index contributed by atoms with van der Waals surface area (Å²) in [5.41, 5.74) is 0.978. The number of ether oxygens (including phenoxy) is 1. The monoisotopic (exact) mass is 430 g/mol. The van der Waals surface area contributed by atoms with Crippen LogP contribution in [-0.4, -0.2) is 52.8 Å². The highest BCUT2D eigenvalue weighted by Gasteiger charge is 2.21. The van der Waals surface area contributed by atoms with Gasteiger partial charge in [-0.1, -0.05) is 44.5 Å². The molecule has 0 aliphatic heterocycles. The fraction of sp³-hybridized carbons (Fsp3) is 0.304. The van der Waals surface area contributed by atoms with Crippen molar-refractivity contribution in [3.05, 3.63) is 53.1 Å². The first kappa shape index (κ1) is 23.4. The number of hydrogen-bond donors (Lipinski definition) is 2. The summed E-state index contributed by atoms with van der Waals surface area (Å²) in [5.74, 6) is -1.05. The molecule has 0 bridgehead atoms. The average molecular weight is 431 g/mol. The van der Waals surface area contributed by atoms with E-state index in [4.69, 9.17) is 16.3 Å². The van der Waals surface area contributed by atoms with E-state index >= 15 is 0 Å². The molecule has 0 spiro atoms. The molecule has 30 heavy (non-hydrogen) atoms. The van der Waals surface area contributed by atoms with E-state index in [9.17, 15) is 15.0 Å². The van der Waals surface area contributed by atoms with Gasteiger partial charge in [-0.15, -0.1) is 0 Å². The van der Waals surface area contributed by atoms with E-state index in [0.717, 1.165) is 0 Å². The van der Waals surface area contributed by atoms with Crippen molar-refractivity contribution in [3.8, 4) is 22.8 Å². The zero-order valence-corrected chi connectivity index (χ0v) is 18.4. The summed E-state index contributed by atoms with van der Waals surface area (Å²) >= 11 is 5.86. The van der Waals surface area contributed by atoms with E-state index < -0.39 is 5.97 Å². The van der Waals surface area contributed by atoms with Gasteiger partial charge in [-0.05, 0) is 43.9 Å². The van der Waals surface area contributed by atoms with Crippen LogP contribution in [0.1, 0.15) is 31.1 Å². The first-order valence-corrected chi connectivity index (χ1v) is 10.2. The highest BCUT2D eigenvalue weighted by molar-refractivity contribution is 6.30. The number of methoxy groups -OCH3 is 1. The number of fused-ring (bicyclic) bond motifs is 1. The number of carboxylic acid groups (broad SMARTS) is 1. The molecule has 0 aliphatic carbocycles. The number of aromatic hydroxyl groups is 1. The number of pyridine rings is 1. The SMILES string of the molecule is CCN(CC)CC.COc1ccc2c(C(=O)O)c(O)c(-c3ccc(Cl)cc3)nc2c1. The summed E-state index contributed by atoms with van der Waals surface area (Å²) in [4.78, 5) is 18.4. The van der Waals surface area contributed by atoms with Crippen LogP contribution in [0, 0.1) is 0 Å². The molecule has 2 N–H and O–H groups in total. The Morgan fingerprint density at radius 1 is 1.07 bits per heavy atom. The molecule has 0 saturated carbocycles. The Bertz CT molecular complexity index is 997. The molecule has 0 aliphatic rings. The third-order valence-electron chi connectivity index (χ3n) is 4.84. The molecule has 2 aromatic carbocycles. The van der Waals surface area contributed by atoms with Crippen LogP contribution in [0.25, 0.3) is 22.2 Å². The molecular formula is C23H27ClN2O4. The van der Waals surface area contributed by atoms with Gasteiger partial charge in [0.1, 0.15) is 17.0 Å². The standard InChI is InChI=1S/C17H12ClNO4.C6H15N/c1-23-11-6-7-12-13(8-11)19-15(16(20)14(12)17(21)22)9-2-4-10(18)5-3-9;1-4-7(5-2)6-3/h2-8,20H,1H3,(H,21,22);4-6H2,1-3H3. The van der Waals surface area contributed by atoms with Crippen molar-refractivity contribution in [1.29, 1.82) is 0 Å². The van der Waals surface area contributed by atoms with Crippen molar-refractivity contribution in [2.75, 3.05) is 26.7 Å². The minimum Gasteiger partial charge on any atom is -0.505 e. The third-order valence-corrected chi connectivity index (χ3v) is 5.09. The maximum Gasteiger partial charge on any atom is 0.340 e. The van der Waals surface area contributed by atoms with Gasteiger partial charge in [-0.2, -0.15) is 0 Å². The van der Waals surface area contributed by atoms with Crippen LogP contribution in [-0.2, 0) is 0 Å². The summed E-state index contributed by atoms with van der Waals surface area (Å²) in [6.45, 7) is 10.1. The lowest BCUT2D eigenvalue weighted by atomic mass is 10.0. The summed E-state index contributed by atoms with van der Waals surface area (Å²) in [6, 6.07) is 11.4. The van der Waals surface area contributed by atoms with Gasteiger partial charge in [0.25, 0.3) is 0 Å². The first-order valence-electron chi connectivity index (χ1n) is 9.78. The zero-order chi connectivity index (χ0) is 22.3. The third kappa shape index (κ3) is 5.40. The Hall–Kier alpha value is -2.83. The van der Waals surface area contributed by atoms with Crippen molar-refractivity contribution in [2.45, 2.75) is 20.8 Å². The molecule has 0 saturated heterocycles. The summed E-state index contributed by atoms with van der Waals surface area (Å²) < 4.78 is 5.15. The number of rotatable bonds is 6. The lowest BCUT2D eigenvalue weighted by molar-refractivity contribution is 0.0696. The van der Waals surface area contributed by atoms with Crippen LogP contribution >= 0.6 is 11.6 Å². The Morgan fingerprint density at radius 3 is 2.13 bits per heavy atom. The van der Waals surface area contributed by atoms with Crippen molar-refractivity contribution in [1.82, 2.24) is 9.88 Å². The second-order valence-corrected chi connectivity index (χ2v) is 6.94. The number of nitrogens with zero attached hydrogens (tertiary/aromatic N) is 2. The van der Waals surface area contributed by atoms with Crippen molar-refractivity contribution in [2.24, 2.45) is 0 Å². The zero-order valence-electron chi connectivity index (χ0n) is 17.6. The molecule has 160 valence electrons. The first-order chi connectivity index (χ1) is 14.4. The lowest BCUT2D eigenvalue weighted by Gasteiger charge is -2.13.